The van der Waals surface area contributed by atoms with Crippen LogP contribution in [0, 0.1) is 6.92 Å². The number of thioether (sulfide) groups is 1. The zero-order valence-corrected chi connectivity index (χ0v) is 19.9. The van der Waals surface area contributed by atoms with Crippen molar-refractivity contribution in [3.05, 3.63) is 63.6 Å². The highest BCUT2D eigenvalue weighted by Crippen LogP contribution is 2.28. The molecule has 0 spiro atoms. The van der Waals surface area contributed by atoms with Crippen LogP contribution >= 0.6 is 35.0 Å². The molecule has 0 fully saturated rings. The van der Waals surface area contributed by atoms with E-state index in [2.05, 4.69) is 29.6 Å². The summed E-state index contributed by atoms with van der Waals surface area (Å²) in [6, 6.07) is 12.9. The average Bonchev–Trinajstić information content (AvgIpc) is 2.71. The molecule has 1 atom stereocenters. The zero-order valence-electron chi connectivity index (χ0n) is 17.6. The molecule has 0 heterocycles. The number of nitrogens with one attached hydrogen (secondary N) is 1. The van der Waals surface area contributed by atoms with Gasteiger partial charge in [-0.15, -0.1) is 11.8 Å². The van der Waals surface area contributed by atoms with Crippen LogP contribution in [-0.4, -0.2) is 35.1 Å². The third-order valence-electron chi connectivity index (χ3n) is 4.73. The second kappa shape index (κ2) is 12.2. The second-order valence-corrected chi connectivity index (χ2v) is 8.93. The normalized spacial score (nSPS) is 11.8. The Bertz CT molecular complexity index is 839. The molecule has 0 aromatic heterocycles. The Morgan fingerprint density at radius 2 is 1.70 bits per heavy atom. The van der Waals surface area contributed by atoms with Crippen LogP contribution in [0.4, 0.5) is 0 Å². The third-order valence-corrected chi connectivity index (χ3v) is 6.45. The van der Waals surface area contributed by atoms with E-state index in [1.807, 2.05) is 20.8 Å². The molecule has 0 saturated heterocycles. The first-order chi connectivity index (χ1) is 14.4. The number of likely N-dealkylation sites (N-methyl/N-ethyl adjacent to an activating group) is 1. The summed E-state index contributed by atoms with van der Waals surface area (Å²) >= 11 is 14.3. The lowest BCUT2D eigenvalue weighted by Gasteiger charge is -2.31. The van der Waals surface area contributed by atoms with Crippen LogP contribution in [0.2, 0.25) is 10.0 Å². The standard InChI is InChI=1S/C23H28Cl2N2O2S/c1-4-21(23(29)26-5-2)27(15-18-19(24)7-6-8-20(18)25)22(28)13-14-30-17-11-9-16(3)10-12-17/h6-12,21H,4-5,13-15H2,1-3H3,(H,26,29). The van der Waals surface area contributed by atoms with E-state index in [-0.39, 0.29) is 18.4 Å². The molecule has 0 aliphatic heterocycles. The smallest absolute Gasteiger partial charge is 0.242 e. The maximum Gasteiger partial charge on any atom is 0.242 e. The van der Waals surface area contributed by atoms with E-state index >= 15 is 0 Å². The Kier molecular flexibility index (Phi) is 10.0. The average molecular weight is 467 g/mol. The van der Waals surface area contributed by atoms with Crippen molar-refractivity contribution in [2.24, 2.45) is 0 Å². The number of nitrogens with zero attached hydrogens (tertiary/aromatic N) is 1. The van der Waals surface area contributed by atoms with Gasteiger partial charge in [-0.25, -0.2) is 0 Å². The molecule has 0 saturated carbocycles. The molecule has 2 aromatic carbocycles. The Hall–Kier alpha value is -1.69. The Morgan fingerprint density at radius 1 is 1.07 bits per heavy atom. The van der Waals surface area contributed by atoms with Gasteiger partial charge in [0.1, 0.15) is 6.04 Å². The van der Waals surface area contributed by atoms with Crippen molar-refractivity contribution in [3.63, 3.8) is 0 Å². The molecule has 2 amide bonds. The van der Waals surface area contributed by atoms with E-state index in [1.54, 1.807) is 34.9 Å². The first kappa shape index (κ1) is 24.6. The van der Waals surface area contributed by atoms with Crippen LogP contribution in [0.5, 0.6) is 0 Å². The highest BCUT2D eigenvalue weighted by Gasteiger charge is 2.29. The van der Waals surface area contributed by atoms with Gasteiger partial charge >= 0.3 is 0 Å². The summed E-state index contributed by atoms with van der Waals surface area (Å²) in [5.41, 5.74) is 1.86. The maximum absolute atomic E-state index is 13.2. The summed E-state index contributed by atoms with van der Waals surface area (Å²) in [5, 5.41) is 3.80. The number of carbonyl (C=O) groups excluding carboxylic acids is 2. The minimum absolute atomic E-state index is 0.0938. The van der Waals surface area contributed by atoms with Crippen LogP contribution in [0.15, 0.2) is 47.4 Å². The number of hydrogen-bond donors (Lipinski definition) is 1. The number of amides is 2. The molecular weight excluding hydrogens is 439 g/mol. The molecule has 0 aliphatic carbocycles. The van der Waals surface area contributed by atoms with Crippen molar-refractivity contribution in [1.29, 1.82) is 0 Å². The molecule has 4 nitrogen and oxygen atoms in total. The van der Waals surface area contributed by atoms with Gasteiger partial charge in [0.05, 0.1) is 0 Å². The van der Waals surface area contributed by atoms with E-state index in [9.17, 15) is 9.59 Å². The predicted molar refractivity (Wildman–Crippen MR) is 126 cm³/mol. The number of hydrogen-bond acceptors (Lipinski definition) is 3. The maximum atomic E-state index is 13.2. The SMILES string of the molecule is CCNC(=O)C(CC)N(Cc1c(Cl)cccc1Cl)C(=O)CCSc1ccc(C)cc1. The van der Waals surface area contributed by atoms with Gasteiger partial charge in [0.25, 0.3) is 0 Å². The Balaban J connectivity index is 2.17. The highest BCUT2D eigenvalue weighted by atomic mass is 35.5. The fourth-order valence-corrected chi connectivity index (χ4v) is 4.46. The lowest BCUT2D eigenvalue weighted by molar-refractivity contribution is -0.141. The van der Waals surface area contributed by atoms with Crippen LogP contribution < -0.4 is 5.32 Å². The Morgan fingerprint density at radius 3 is 2.27 bits per heavy atom. The summed E-state index contributed by atoms with van der Waals surface area (Å²) in [6.07, 6.45) is 0.821. The molecule has 30 heavy (non-hydrogen) atoms. The van der Waals surface area contributed by atoms with E-state index in [1.165, 1.54) is 5.56 Å². The summed E-state index contributed by atoms with van der Waals surface area (Å²) in [7, 11) is 0. The van der Waals surface area contributed by atoms with Crippen molar-refractivity contribution < 1.29 is 9.59 Å². The van der Waals surface area contributed by atoms with Crippen LogP contribution in [-0.2, 0) is 16.1 Å². The molecule has 2 rings (SSSR count). The van der Waals surface area contributed by atoms with E-state index < -0.39 is 6.04 Å². The summed E-state index contributed by atoms with van der Waals surface area (Å²) in [5.74, 6) is 0.368. The lowest BCUT2D eigenvalue weighted by Crippen LogP contribution is -2.49. The highest BCUT2D eigenvalue weighted by molar-refractivity contribution is 7.99. The number of rotatable bonds is 10. The molecular formula is C23H28Cl2N2O2S. The van der Waals surface area contributed by atoms with Gasteiger partial charge in [0.2, 0.25) is 11.8 Å². The molecule has 7 heteroatoms. The van der Waals surface area contributed by atoms with Gasteiger partial charge < -0.3 is 10.2 Å². The van der Waals surface area contributed by atoms with Gasteiger partial charge in [-0.2, -0.15) is 0 Å². The predicted octanol–water partition coefficient (Wildman–Crippen LogP) is 5.73. The summed E-state index contributed by atoms with van der Waals surface area (Å²) in [4.78, 5) is 28.5. The van der Waals surface area contributed by atoms with Crippen LogP contribution in [0.25, 0.3) is 0 Å². The topological polar surface area (TPSA) is 49.4 Å². The fraction of sp³-hybridized carbons (Fsp3) is 0.391. The molecule has 1 unspecified atom stereocenters. The molecule has 162 valence electrons. The number of benzene rings is 2. The van der Waals surface area contributed by atoms with E-state index in [0.717, 1.165) is 4.90 Å². The molecule has 0 aliphatic rings. The van der Waals surface area contributed by atoms with Crippen LogP contribution in [0.3, 0.4) is 0 Å². The summed E-state index contributed by atoms with van der Waals surface area (Å²) < 4.78 is 0. The van der Waals surface area contributed by atoms with Crippen molar-refractivity contribution in [1.82, 2.24) is 10.2 Å². The number of halogens is 2. The minimum Gasteiger partial charge on any atom is -0.355 e. The van der Waals surface area contributed by atoms with Crippen molar-refractivity contribution in [2.45, 2.75) is 51.1 Å². The largest absolute Gasteiger partial charge is 0.355 e. The fourth-order valence-electron chi connectivity index (χ4n) is 3.10. The van der Waals surface area contributed by atoms with Gasteiger partial charge in [0, 0.05) is 45.8 Å². The summed E-state index contributed by atoms with van der Waals surface area (Å²) in [6.45, 7) is 6.51. The molecule has 2 aromatic rings. The van der Waals surface area contributed by atoms with Gasteiger partial charge in [-0.1, -0.05) is 53.9 Å². The van der Waals surface area contributed by atoms with E-state index in [4.69, 9.17) is 23.2 Å². The van der Waals surface area contributed by atoms with Crippen molar-refractivity contribution >= 4 is 46.8 Å². The first-order valence-electron chi connectivity index (χ1n) is 10.1. The third kappa shape index (κ3) is 6.93. The van der Waals surface area contributed by atoms with Crippen molar-refractivity contribution in [3.8, 4) is 0 Å². The monoisotopic (exact) mass is 466 g/mol. The van der Waals surface area contributed by atoms with Gasteiger partial charge in [-0.05, 0) is 44.5 Å². The number of aryl methyl sites for hydroxylation is 1. The lowest BCUT2D eigenvalue weighted by atomic mass is 10.1. The van der Waals surface area contributed by atoms with Gasteiger partial charge in [0.15, 0.2) is 0 Å². The first-order valence-corrected chi connectivity index (χ1v) is 11.8. The minimum atomic E-state index is -0.575. The van der Waals surface area contributed by atoms with Crippen LogP contribution in [0.1, 0.15) is 37.8 Å². The zero-order chi connectivity index (χ0) is 22.1. The van der Waals surface area contributed by atoms with Crippen molar-refractivity contribution in [2.75, 3.05) is 12.3 Å². The van der Waals surface area contributed by atoms with Gasteiger partial charge in [-0.3, -0.25) is 9.59 Å². The molecule has 1 N–H and O–H groups in total. The molecule has 0 radical (unpaired) electrons. The second-order valence-electron chi connectivity index (χ2n) is 6.95. The molecule has 0 bridgehead atoms. The quantitative estimate of drug-likeness (QED) is 0.454. The van der Waals surface area contributed by atoms with E-state index in [0.29, 0.717) is 40.7 Å². The Labute approximate surface area is 193 Å². The number of carbonyl (C=O) groups is 2.